The maximum atomic E-state index is 13.9. The number of aromatic hydroxyl groups is 1. The summed E-state index contributed by atoms with van der Waals surface area (Å²) in [6, 6.07) is 12.2. The molecule has 10 heteroatoms. The first-order valence-corrected chi connectivity index (χ1v) is 10.0. The van der Waals surface area contributed by atoms with E-state index >= 15 is 0 Å². The van der Waals surface area contributed by atoms with Gasteiger partial charge in [-0.05, 0) is 36.8 Å². The van der Waals surface area contributed by atoms with Crippen molar-refractivity contribution in [3.05, 3.63) is 76.9 Å². The van der Waals surface area contributed by atoms with Crippen LogP contribution in [0, 0.1) is 35.4 Å². The third-order valence-corrected chi connectivity index (χ3v) is 4.99. The molecule has 3 aromatic rings. The lowest BCUT2D eigenvalue weighted by Crippen LogP contribution is -2.32. The zero-order valence-corrected chi connectivity index (χ0v) is 18.4. The van der Waals surface area contributed by atoms with Gasteiger partial charge >= 0.3 is 0 Å². The first kappa shape index (κ1) is 23.8. The van der Waals surface area contributed by atoms with E-state index < -0.39 is 34.4 Å². The minimum atomic E-state index is -1.17. The maximum absolute atomic E-state index is 13.9. The number of aliphatic hydroxyl groups excluding tert-OH is 1. The van der Waals surface area contributed by atoms with Gasteiger partial charge in [0.15, 0.2) is 17.1 Å². The molecular formula is C24H20FN5O4. The molecule has 0 unspecified atom stereocenters. The standard InChI is InChI=1S/C24H20FN5O4/c1-15-4-5-18(12-21(15)30-7-3-6-28-30)34-9-8-29(2)24(33)19(14-27)22(31)16-10-17(13-26)23(32)20(25)11-16/h3-7,10-12,31-32H,8-9H2,1-2H3/b22-19-. The summed E-state index contributed by atoms with van der Waals surface area (Å²) < 4.78 is 21.3. The van der Waals surface area contributed by atoms with Gasteiger partial charge in [-0.3, -0.25) is 4.79 Å². The molecule has 0 saturated heterocycles. The molecule has 2 aromatic carbocycles. The Morgan fingerprint density at radius 1 is 1.29 bits per heavy atom. The van der Waals surface area contributed by atoms with Crippen LogP contribution in [0.1, 0.15) is 16.7 Å². The number of aliphatic hydroxyl groups is 1. The number of carbonyl (C=O) groups excluding carboxylic acids is 1. The van der Waals surface area contributed by atoms with Gasteiger partial charge < -0.3 is 19.8 Å². The minimum absolute atomic E-state index is 0.0790. The van der Waals surface area contributed by atoms with Crippen molar-refractivity contribution in [2.24, 2.45) is 0 Å². The molecule has 0 aliphatic rings. The van der Waals surface area contributed by atoms with Crippen LogP contribution in [0.2, 0.25) is 0 Å². The van der Waals surface area contributed by atoms with E-state index in [4.69, 9.17) is 10.00 Å². The largest absolute Gasteiger partial charge is 0.506 e. The number of rotatable bonds is 7. The Morgan fingerprint density at radius 2 is 2.06 bits per heavy atom. The van der Waals surface area contributed by atoms with E-state index in [0.717, 1.165) is 23.4 Å². The molecule has 1 aromatic heterocycles. The summed E-state index contributed by atoms with van der Waals surface area (Å²) in [5, 5.41) is 42.5. The van der Waals surface area contributed by atoms with Crippen molar-refractivity contribution in [2.45, 2.75) is 6.92 Å². The number of amides is 1. The molecule has 172 valence electrons. The zero-order valence-electron chi connectivity index (χ0n) is 18.4. The number of likely N-dealkylation sites (N-methyl/N-ethyl adjacent to an activating group) is 1. The predicted octanol–water partition coefficient (Wildman–Crippen LogP) is 3.23. The molecule has 3 rings (SSSR count). The third kappa shape index (κ3) is 4.97. The Hall–Kier alpha value is -4.83. The van der Waals surface area contributed by atoms with Gasteiger partial charge in [-0.25, -0.2) is 9.07 Å². The van der Waals surface area contributed by atoms with E-state index in [-0.39, 0.29) is 18.7 Å². The van der Waals surface area contributed by atoms with E-state index in [0.29, 0.717) is 5.75 Å². The highest BCUT2D eigenvalue weighted by molar-refractivity contribution is 6.03. The molecule has 0 spiro atoms. The molecule has 0 atom stereocenters. The number of hydrogen-bond donors (Lipinski definition) is 2. The number of halogens is 1. The molecule has 1 amide bonds. The number of phenolic OH excluding ortho intramolecular Hbond substituents is 1. The fraction of sp³-hybridized carbons (Fsp3) is 0.167. The predicted molar refractivity (Wildman–Crippen MR) is 119 cm³/mol. The van der Waals surface area contributed by atoms with Gasteiger partial charge in [0.1, 0.15) is 30.3 Å². The second-order valence-electron chi connectivity index (χ2n) is 7.28. The van der Waals surface area contributed by atoms with Crippen molar-refractivity contribution in [1.82, 2.24) is 14.7 Å². The number of hydrogen-bond acceptors (Lipinski definition) is 7. The van der Waals surface area contributed by atoms with E-state index in [2.05, 4.69) is 5.10 Å². The quantitative estimate of drug-likeness (QED) is 0.313. The van der Waals surface area contributed by atoms with Gasteiger partial charge in [0.25, 0.3) is 5.91 Å². The van der Waals surface area contributed by atoms with Gasteiger partial charge in [0.2, 0.25) is 0 Å². The first-order chi connectivity index (χ1) is 16.3. The topological polar surface area (TPSA) is 135 Å². The summed E-state index contributed by atoms with van der Waals surface area (Å²) in [5.41, 5.74) is 0.456. The third-order valence-electron chi connectivity index (χ3n) is 4.99. The second-order valence-corrected chi connectivity index (χ2v) is 7.28. The lowest BCUT2D eigenvalue weighted by atomic mass is 10.0. The first-order valence-electron chi connectivity index (χ1n) is 10.0. The monoisotopic (exact) mass is 461 g/mol. The highest BCUT2D eigenvalue weighted by atomic mass is 19.1. The number of nitriles is 2. The molecule has 0 radical (unpaired) electrons. The molecule has 2 N–H and O–H groups in total. The minimum Gasteiger partial charge on any atom is -0.506 e. The van der Waals surface area contributed by atoms with Crippen LogP contribution in [-0.2, 0) is 4.79 Å². The number of nitrogens with zero attached hydrogens (tertiary/aromatic N) is 5. The maximum Gasteiger partial charge on any atom is 0.268 e. The van der Waals surface area contributed by atoms with Crippen LogP contribution in [-0.4, -0.2) is 51.0 Å². The Labute approximate surface area is 194 Å². The highest BCUT2D eigenvalue weighted by Gasteiger charge is 2.22. The molecule has 0 fully saturated rings. The Bertz CT molecular complexity index is 1340. The van der Waals surface area contributed by atoms with Gasteiger partial charge in [-0.15, -0.1) is 0 Å². The van der Waals surface area contributed by atoms with Crippen molar-refractivity contribution < 1.29 is 24.1 Å². The van der Waals surface area contributed by atoms with Crippen molar-refractivity contribution in [3.63, 3.8) is 0 Å². The fourth-order valence-electron chi connectivity index (χ4n) is 3.10. The Morgan fingerprint density at radius 3 is 2.71 bits per heavy atom. The van der Waals surface area contributed by atoms with Gasteiger partial charge in [-0.2, -0.15) is 15.6 Å². The zero-order chi connectivity index (χ0) is 24.8. The van der Waals surface area contributed by atoms with Crippen LogP contribution in [0.4, 0.5) is 4.39 Å². The smallest absolute Gasteiger partial charge is 0.268 e. The number of ether oxygens (including phenoxy) is 1. The van der Waals surface area contributed by atoms with Crippen LogP contribution < -0.4 is 4.74 Å². The second kappa shape index (κ2) is 10.2. The summed E-state index contributed by atoms with van der Waals surface area (Å²) >= 11 is 0. The van der Waals surface area contributed by atoms with E-state index in [1.165, 1.54) is 11.9 Å². The molecular weight excluding hydrogens is 441 g/mol. The molecule has 0 saturated carbocycles. The summed E-state index contributed by atoms with van der Waals surface area (Å²) in [4.78, 5) is 13.9. The van der Waals surface area contributed by atoms with Crippen molar-refractivity contribution in [1.29, 1.82) is 10.5 Å². The molecule has 9 nitrogen and oxygen atoms in total. The molecule has 0 aliphatic heterocycles. The lowest BCUT2D eigenvalue weighted by Gasteiger charge is -2.18. The number of phenols is 1. The van der Waals surface area contributed by atoms with E-state index in [1.807, 2.05) is 19.1 Å². The summed E-state index contributed by atoms with van der Waals surface area (Å²) in [6.07, 6.45) is 3.47. The van der Waals surface area contributed by atoms with Crippen molar-refractivity contribution in [2.75, 3.05) is 20.2 Å². The fourth-order valence-corrected chi connectivity index (χ4v) is 3.10. The van der Waals surface area contributed by atoms with Crippen LogP contribution in [0.15, 0.2) is 54.4 Å². The molecule has 0 aliphatic carbocycles. The molecule has 0 bridgehead atoms. The number of benzene rings is 2. The average Bonchev–Trinajstić information content (AvgIpc) is 3.36. The number of carbonyl (C=O) groups is 1. The van der Waals surface area contributed by atoms with Crippen molar-refractivity contribution in [3.8, 4) is 29.3 Å². The van der Waals surface area contributed by atoms with Crippen molar-refractivity contribution >= 4 is 11.7 Å². The number of aryl methyl sites for hydroxylation is 1. The van der Waals surface area contributed by atoms with Crippen LogP contribution in [0.25, 0.3) is 11.4 Å². The van der Waals surface area contributed by atoms with Crippen LogP contribution >= 0.6 is 0 Å². The summed E-state index contributed by atoms with van der Waals surface area (Å²) in [6.45, 7) is 2.11. The van der Waals surface area contributed by atoms with Crippen LogP contribution in [0.5, 0.6) is 11.5 Å². The number of aromatic nitrogens is 2. The molecule has 34 heavy (non-hydrogen) atoms. The van der Waals surface area contributed by atoms with E-state index in [9.17, 15) is 24.7 Å². The van der Waals surface area contributed by atoms with Gasteiger partial charge in [0.05, 0.1) is 17.8 Å². The molecule has 1 heterocycles. The normalized spacial score (nSPS) is 11.2. The van der Waals surface area contributed by atoms with Crippen LogP contribution in [0.3, 0.4) is 0 Å². The van der Waals surface area contributed by atoms with Gasteiger partial charge in [-0.1, -0.05) is 6.07 Å². The Kier molecular flexibility index (Phi) is 7.14. The summed E-state index contributed by atoms with van der Waals surface area (Å²) in [5.74, 6) is -3.13. The lowest BCUT2D eigenvalue weighted by molar-refractivity contribution is -0.125. The van der Waals surface area contributed by atoms with E-state index in [1.54, 1.807) is 41.3 Å². The SMILES string of the molecule is Cc1ccc(OCCN(C)C(=O)/C(C#N)=C(\O)c2cc(F)c(O)c(C#N)c2)cc1-n1cccn1. The Balaban J connectivity index is 1.72. The summed E-state index contributed by atoms with van der Waals surface area (Å²) in [7, 11) is 1.42. The van der Waals surface area contributed by atoms with Gasteiger partial charge in [0, 0.05) is 31.1 Å². The highest BCUT2D eigenvalue weighted by Crippen LogP contribution is 2.27. The average molecular weight is 461 g/mol.